The van der Waals surface area contributed by atoms with Gasteiger partial charge in [-0.05, 0) is 12.5 Å². The number of nitrogens with one attached hydrogen (secondary N) is 2. The van der Waals surface area contributed by atoms with Gasteiger partial charge < -0.3 is 10.2 Å². The second-order valence-electron chi connectivity index (χ2n) is 4.29. The molecule has 6 nitrogen and oxygen atoms in total. The number of aromatic nitrogens is 2. The molecule has 0 unspecified atom stereocenters. The molecular weight excluding hydrogens is 232 g/mol. The second kappa shape index (κ2) is 6.78. The molecule has 0 aliphatic carbocycles. The highest BCUT2D eigenvalue weighted by atomic mass is 16.2. The number of rotatable bonds is 6. The molecule has 1 aromatic rings. The maximum Gasteiger partial charge on any atom is 0.242 e. The number of hydrogen-bond donors (Lipinski definition) is 2. The number of carbonyl (C=O) groups is 2. The molecule has 0 aromatic carbocycles. The van der Waals surface area contributed by atoms with Gasteiger partial charge in [-0.2, -0.15) is 5.10 Å². The van der Waals surface area contributed by atoms with Crippen LogP contribution in [0.5, 0.6) is 0 Å². The van der Waals surface area contributed by atoms with E-state index in [-0.39, 0.29) is 18.4 Å². The van der Waals surface area contributed by atoms with E-state index >= 15 is 0 Å². The van der Waals surface area contributed by atoms with Crippen LogP contribution in [0.2, 0.25) is 0 Å². The fourth-order valence-corrected chi connectivity index (χ4v) is 1.55. The zero-order valence-corrected chi connectivity index (χ0v) is 11.1. The van der Waals surface area contributed by atoms with Crippen LogP contribution < -0.4 is 5.32 Å². The van der Waals surface area contributed by atoms with Crippen LogP contribution in [-0.2, 0) is 22.6 Å². The Kier molecular flexibility index (Phi) is 5.35. The van der Waals surface area contributed by atoms with Crippen molar-refractivity contribution in [2.24, 2.45) is 0 Å². The van der Waals surface area contributed by atoms with Gasteiger partial charge in [-0.25, -0.2) is 0 Å². The molecule has 0 saturated heterocycles. The summed E-state index contributed by atoms with van der Waals surface area (Å²) >= 11 is 0. The van der Waals surface area contributed by atoms with Crippen molar-refractivity contribution in [3.8, 4) is 0 Å². The van der Waals surface area contributed by atoms with Gasteiger partial charge in [0.2, 0.25) is 11.8 Å². The zero-order chi connectivity index (χ0) is 13.5. The van der Waals surface area contributed by atoms with E-state index in [1.165, 1.54) is 6.92 Å². The highest BCUT2D eigenvalue weighted by molar-refractivity contribution is 5.83. The van der Waals surface area contributed by atoms with E-state index in [2.05, 4.69) is 22.4 Å². The molecule has 0 fully saturated rings. The third-order valence-corrected chi connectivity index (χ3v) is 2.51. The van der Waals surface area contributed by atoms with E-state index in [1.807, 2.05) is 6.07 Å². The standard InChI is InChI=1S/C12H20N4O2/c1-4-5-10-6-11(15-14-10)8-16(3)12(18)7-13-9(2)17/h6H,4-5,7-8H2,1-3H3,(H,13,17)(H,14,15). The van der Waals surface area contributed by atoms with Crippen LogP contribution in [0.15, 0.2) is 6.07 Å². The number of H-pyrrole nitrogens is 1. The molecule has 0 spiro atoms. The molecule has 2 amide bonds. The van der Waals surface area contributed by atoms with Crippen molar-refractivity contribution in [1.82, 2.24) is 20.4 Å². The molecule has 1 heterocycles. The van der Waals surface area contributed by atoms with Crippen LogP contribution in [-0.4, -0.2) is 40.5 Å². The average molecular weight is 252 g/mol. The van der Waals surface area contributed by atoms with Gasteiger partial charge >= 0.3 is 0 Å². The Morgan fingerprint density at radius 1 is 1.50 bits per heavy atom. The first-order valence-corrected chi connectivity index (χ1v) is 6.04. The van der Waals surface area contributed by atoms with E-state index in [0.717, 1.165) is 24.2 Å². The van der Waals surface area contributed by atoms with Crippen LogP contribution in [0.25, 0.3) is 0 Å². The molecule has 6 heteroatoms. The Hall–Kier alpha value is -1.85. The third kappa shape index (κ3) is 4.57. The summed E-state index contributed by atoms with van der Waals surface area (Å²) in [6.07, 6.45) is 1.97. The minimum Gasteiger partial charge on any atom is -0.347 e. The van der Waals surface area contributed by atoms with Gasteiger partial charge in [0.1, 0.15) is 0 Å². The molecule has 100 valence electrons. The molecule has 1 rings (SSSR count). The minimum absolute atomic E-state index is 0.0296. The molecule has 0 saturated carbocycles. The summed E-state index contributed by atoms with van der Waals surface area (Å²) in [4.78, 5) is 23.9. The van der Waals surface area contributed by atoms with E-state index in [1.54, 1.807) is 11.9 Å². The van der Waals surface area contributed by atoms with Crippen LogP contribution in [0.3, 0.4) is 0 Å². The maximum atomic E-state index is 11.7. The second-order valence-corrected chi connectivity index (χ2v) is 4.29. The average Bonchev–Trinajstić information content (AvgIpc) is 2.73. The molecular formula is C12H20N4O2. The highest BCUT2D eigenvalue weighted by Crippen LogP contribution is 2.04. The summed E-state index contributed by atoms with van der Waals surface area (Å²) in [6, 6.07) is 1.96. The Morgan fingerprint density at radius 2 is 2.22 bits per heavy atom. The maximum absolute atomic E-state index is 11.7. The quantitative estimate of drug-likeness (QED) is 0.772. The lowest BCUT2D eigenvalue weighted by molar-refractivity contribution is -0.131. The summed E-state index contributed by atoms with van der Waals surface area (Å²) in [6.45, 7) is 3.98. The summed E-state index contributed by atoms with van der Waals surface area (Å²) < 4.78 is 0. The monoisotopic (exact) mass is 252 g/mol. The van der Waals surface area contributed by atoms with Crippen molar-refractivity contribution in [2.45, 2.75) is 33.2 Å². The topological polar surface area (TPSA) is 78.1 Å². The third-order valence-electron chi connectivity index (χ3n) is 2.51. The van der Waals surface area contributed by atoms with Crippen molar-refractivity contribution in [1.29, 1.82) is 0 Å². The molecule has 18 heavy (non-hydrogen) atoms. The Morgan fingerprint density at radius 3 is 2.83 bits per heavy atom. The van der Waals surface area contributed by atoms with Crippen molar-refractivity contribution >= 4 is 11.8 Å². The first kappa shape index (κ1) is 14.2. The molecule has 0 radical (unpaired) electrons. The van der Waals surface area contributed by atoms with Gasteiger partial charge in [0.25, 0.3) is 0 Å². The lowest BCUT2D eigenvalue weighted by Gasteiger charge is -2.15. The lowest BCUT2D eigenvalue weighted by atomic mass is 10.2. The van der Waals surface area contributed by atoms with Crippen molar-refractivity contribution in [3.05, 3.63) is 17.5 Å². The number of carbonyl (C=O) groups excluding carboxylic acids is 2. The van der Waals surface area contributed by atoms with E-state index in [4.69, 9.17) is 0 Å². The number of amides is 2. The number of likely N-dealkylation sites (N-methyl/N-ethyl adjacent to an activating group) is 1. The molecule has 0 bridgehead atoms. The lowest BCUT2D eigenvalue weighted by Crippen LogP contribution is -2.36. The van der Waals surface area contributed by atoms with Crippen LogP contribution in [0.4, 0.5) is 0 Å². The van der Waals surface area contributed by atoms with E-state index in [9.17, 15) is 9.59 Å². The van der Waals surface area contributed by atoms with Crippen molar-refractivity contribution in [2.75, 3.05) is 13.6 Å². The van der Waals surface area contributed by atoms with Crippen molar-refractivity contribution in [3.63, 3.8) is 0 Å². The zero-order valence-electron chi connectivity index (χ0n) is 11.1. The Bertz CT molecular complexity index is 414. The number of nitrogens with zero attached hydrogens (tertiary/aromatic N) is 2. The largest absolute Gasteiger partial charge is 0.347 e. The molecule has 1 aromatic heterocycles. The predicted molar refractivity (Wildman–Crippen MR) is 67.7 cm³/mol. The number of hydrogen-bond acceptors (Lipinski definition) is 3. The predicted octanol–water partition coefficient (Wildman–Crippen LogP) is 0.457. The summed E-state index contributed by atoms with van der Waals surface area (Å²) in [5.74, 6) is -0.333. The van der Waals surface area contributed by atoms with Crippen molar-refractivity contribution < 1.29 is 9.59 Å². The summed E-state index contributed by atoms with van der Waals surface area (Å²) in [7, 11) is 1.70. The molecule has 0 atom stereocenters. The Labute approximate surface area is 107 Å². The Balaban J connectivity index is 2.44. The van der Waals surface area contributed by atoms with Gasteiger partial charge in [0.05, 0.1) is 24.5 Å². The molecule has 0 aliphatic heterocycles. The van der Waals surface area contributed by atoms with Gasteiger partial charge in [0, 0.05) is 14.0 Å². The van der Waals surface area contributed by atoms with Crippen LogP contribution in [0.1, 0.15) is 31.7 Å². The van der Waals surface area contributed by atoms with Gasteiger partial charge in [-0.15, -0.1) is 0 Å². The van der Waals surface area contributed by atoms with E-state index < -0.39 is 0 Å². The van der Waals surface area contributed by atoms with Gasteiger partial charge in [-0.1, -0.05) is 13.3 Å². The number of aryl methyl sites for hydroxylation is 1. The SMILES string of the molecule is CCCc1cc(CN(C)C(=O)CNC(C)=O)[nH]n1. The minimum atomic E-state index is -0.205. The van der Waals surface area contributed by atoms with E-state index in [0.29, 0.717) is 6.54 Å². The van der Waals surface area contributed by atoms with Crippen LogP contribution >= 0.6 is 0 Å². The fraction of sp³-hybridized carbons (Fsp3) is 0.583. The molecule has 0 aliphatic rings. The fourth-order valence-electron chi connectivity index (χ4n) is 1.55. The van der Waals surface area contributed by atoms with Crippen LogP contribution in [0, 0.1) is 0 Å². The normalized spacial score (nSPS) is 10.2. The van der Waals surface area contributed by atoms with Gasteiger partial charge in [0.15, 0.2) is 0 Å². The molecule has 2 N–H and O–H groups in total. The highest BCUT2D eigenvalue weighted by Gasteiger charge is 2.11. The summed E-state index contributed by atoms with van der Waals surface area (Å²) in [5, 5.41) is 9.55. The number of aromatic amines is 1. The first-order chi connectivity index (χ1) is 8.52. The summed E-state index contributed by atoms with van der Waals surface area (Å²) in [5.41, 5.74) is 1.91. The smallest absolute Gasteiger partial charge is 0.242 e. The first-order valence-electron chi connectivity index (χ1n) is 6.04. The van der Waals surface area contributed by atoms with Gasteiger partial charge in [-0.3, -0.25) is 14.7 Å².